The van der Waals surface area contributed by atoms with E-state index in [2.05, 4.69) is 16.7 Å². The number of sulfonamides is 1. The van der Waals surface area contributed by atoms with Crippen LogP contribution in [0.3, 0.4) is 0 Å². The van der Waals surface area contributed by atoms with Crippen molar-refractivity contribution in [1.29, 1.82) is 0 Å². The molecule has 0 atom stereocenters. The lowest BCUT2D eigenvalue weighted by Gasteiger charge is -2.31. The summed E-state index contributed by atoms with van der Waals surface area (Å²) in [7, 11) is -0.785. The van der Waals surface area contributed by atoms with Crippen LogP contribution in [0, 0.1) is 0 Å². The van der Waals surface area contributed by atoms with Crippen molar-refractivity contribution in [3.8, 4) is 0 Å². The van der Waals surface area contributed by atoms with E-state index in [0.717, 1.165) is 38.3 Å². The number of rotatable bonds is 11. The fourth-order valence-electron chi connectivity index (χ4n) is 3.00. The molecule has 0 amide bonds. The van der Waals surface area contributed by atoms with Gasteiger partial charge < -0.3 is 4.90 Å². The van der Waals surface area contributed by atoms with Crippen LogP contribution in [-0.2, 0) is 10.0 Å². The van der Waals surface area contributed by atoms with E-state index in [9.17, 15) is 8.42 Å². The summed E-state index contributed by atoms with van der Waals surface area (Å²) in [6, 6.07) is 0.784. The molecule has 0 saturated heterocycles. The Morgan fingerprint density at radius 2 is 1.76 bits per heavy atom. The number of hydrogen-bond acceptors (Lipinski definition) is 3. The third kappa shape index (κ3) is 8.79. The van der Waals surface area contributed by atoms with Crippen molar-refractivity contribution in [3.05, 3.63) is 0 Å². The van der Waals surface area contributed by atoms with E-state index >= 15 is 0 Å². The molecule has 1 rings (SSSR count). The lowest BCUT2D eigenvalue weighted by atomic mass is 9.94. The van der Waals surface area contributed by atoms with Crippen molar-refractivity contribution in [2.24, 2.45) is 0 Å². The maximum absolute atomic E-state index is 11.6. The van der Waals surface area contributed by atoms with Gasteiger partial charge in [0, 0.05) is 12.6 Å². The van der Waals surface area contributed by atoms with Crippen LogP contribution in [0.5, 0.6) is 0 Å². The fraction of sp³-hybridized carbons (Fsp3) is 1.00. The van der Waals surface area contributed by atoms with Crippen molar-refractivity contribution >= 4 is 10.0 Å². The van der Waals surface area contributed by atoms with Gasteiger partial charge in [0.05, 0.1) is 5.75 Å². The molecule has 0 bridgehead atoms. The Hall–Kier alpha value is -0.130. The molecule has 0 unspecified atom stereocenters. The molecule has 0 aliphatic heterocycles. The number of nitrogens with zero attached hydrogens (tertiary/aromatic N) is 1. The second-order valence-electron chi connectivity index (χ2n) is 6.40. The fourth-order valence-corrected chi connectivity index (χ4v) is 4.27. The average Bonchev–Trinajstić information content (AvgIpc) is 2.49. The monoisotopic (exact) mass is 318 g/mol. The standard InChI is InChI=1S/C16H34N2O2S/c1-3-4-15-21(19,20)17-13-9-6-10-14-18(2)16-11-7-5-8-12-16/h16-17H,3-15H2,1-2H3. The molecule has 0 radical (unpaired) electrons. The largest absolute Gasteiger partial charge is 0.303 e. The second-order valence-corrected chi connectivity index (χ2v) is 8.33. The highest BCUT2D eigenvalue weighted by molar-refractivity contribution is 7.89. The van der Waals surface area contributed by atoms with Crippen LogP contribution in [0.25, 0.3) is 0 Å². The van der Waals surface area contributed by atoms with E-state index in [1.165, 1.54) is 38.5 Å². The summed E-state index contributed by atoms with van der Waals surface area (Å²) < 4.78 is 25.9. The maximum atomic E-state index is 11.6. The third-order valence-corrected chi connectivity index (χ3v) is 5.94. The van der Waals surface area contributed by atoms with E-state index in [1.807, 2.05) is 6.92 Å². The minimum atomic E-state index is -3.02. The normalized spacial score (nSPS) is 17.5. The summed E-state index contributed by atoms with van der Waals surface area (Å²) in [4.78, 5) is 2.50. The van der Waals surface area contributed by atoms with Gasteiger partial charge in [-0.05, 0) is 45.7 Å². The van der Waals surface area contributed by atoms with Gasteiger partial charge in [-0.3, -0.25) is 0 Å². The molecular weight excluding hydrogens is 284 g/mol. The van der Waals surface area contributed by atoms with Gasteiger partial charge in [0.2, 0.25) is 10.0 Å². The Kier molecular flexibility index (Phi) is 9.52. The first-order chi connectivity index (χ1) is 10.0. The van der Waals surface area contributed by atoms with Crippen molar-refractivity contribution in [2.45, 2.75) is 77.2 Å². The number of nitrogens with one attached hydrogen (secondary N) is 1. The van der Waals surface area contributed by atoms with Gasteiger partial charge in [-0.25, -0.2) is 13.1 Å². The summed E-state index contributed by atoms with van der Waals surface area (Å²) in [5.74, 6) is 0.272. The number of unbranched alkanes of at least 4 members (excludes halogenated alkanes) is 3. The molecule has 0 spiro atoms. The molecular formula is C16H34N2O2S. The summed E-state index contributed by atoms with van der Waals surface area (Å²) in [5, 5.41) is 0. The molecule has 1 aliphatic carbocycles. The zero-order valence-electron chi connectivity index (χ0n) is 13.9. The van der Waals surface area contributed by atoms with Crippen LogP contribution >= 0.6 is 0 Å². The Labute approximate surface area is 131 Å². The summed E-state index contributed by atoms with van der Waals surface area (Å²) in [5.41, 5.74) is 0. The van der Waals surface area contributed by atoms with Gasteiger partial charge in [-0.2, -0.15) is 0 Å². The molecule has 1 aliphatic rings. The highest BCUT2D eigenvalue weighted by Crippen LogP contribution is 2.21. The van der Waals surface area contributed by atoms with Crippen molar-refractivity contribution < 1.29 is 8.42 Å². The summed E-state index contributed by atoms with van der Waals surface area (Å²) in [6.45, 7) is 3.75. The molecule has 0 aromatic carbocycles. The van der Waals surface area contributed by atoms with E-state index < -0.39 is 10.0 Å². The first kappa shape index (κ1) is 18.9. The Morgan fingerprint density at radius 1 is 1.05 bits per heavy atom. The van der Waals surface area contributed by atoms with Gasteiger partial charge >= 0.3 is 0 Å². The van der Waals surface area contributed by atoms with Crippen molar-refractivity contribution in [2.75, 3.05) is 25.9 Å². The van der Waals surface area contributed by atoms with E-state index in [-0.39, 0.29) is 5.75 Å². The predicted octanol–water partition coefficient (Wildman–Crippen LogP) is 3.14. The Bertz CT molecular complexity index is 351. The Balaban J connectivity index is 2.01. The molecule has 21 heavy (non-hydrogen) atoms. The van der Waals surface area contributed by atoms with Gasteiger partial charge in [-0.15, -0.1) is 0 Å². The van der Waals surface area contributed by atoms with E-state index in [1.54, 1.807) is 0 Å². The van der Waals surface area contributed by atoms with Crippen LogP contribution in [0.4, 0.5) is 0 Å². The van der Waals surface area contributed by atoms with E-state index in [0.29, 0.717) is 6.54 Å². The van der Waals surface area contributed by atoms with Gasteiger partial charge in [-0.1, -0.05) is 39.0 Å². The molecule has 5 heteroatoms. The van der Waals surface area contributed by atoms with Gasteiger partial charge in [0.15, 0.2) is 0 Å². The van der Waals surface area contributed by atoms with Crippen LogP contribution in [0.1, 0.15) is 71.1 Å². The quantitative estimate of drug-likeness (QED) is 0.595. The highest BCUT2D eigenvalue weighted by Gasteiger charge is 2.17. The van der Waals surface area contributed by atoms with Crippen molar-refractivity contribution in [1.82, 2.24) is 9.62 Å². The lowest BCUT2D eigenvalue weighted by molar-refractivity contribution is 0.188. The van der Waals surface area contributed by atoms with Crippen LogP contribution in [-0.4, -0.2) is 45.2 Å². The highest BCUT2D eigenvalue weighted by atomic mass is 32.2. The van der Waals surface area contributed by atoms with Gasteiger partial charge in [0.1, 0.15) is 0 Å². The van der Waals surface area contributed by atoms with Crippen LogP contribution in [0.15, 0.2) is 0 Å². The maximum Gasteiger partial charge on any atom is 0.211 e. The molecule has 4 nitrogen and oxygen atoms in total. The summed E-state index contributed by atoms with van der Waals surface area (Å²) >= 11 is 0. The molecule has 1 fully saturated rings. The Morgan fingerprint density at radius 3 is 2.43 bits per heavy atom. The number of hydrogen-bond donors (Lipinski definition) is 1. The minimum Gasteiger partial charge on any atom is -0.303 e. The second kappa shape index (κ2) is 10.6. The molecule has 1 saturated carbocycles. The van der Waals surface area contributed by atoms with Crippen LogP contribution < -0.4 is 4.72 Å². The lowest BCUT2D eigenvalue weighted by Crippen LogP contribution is -2.34. The zero-order valence-corrected chi connectivity index (χ0v) is 14.8. The SMILES string of the molecule is CCCCS(=O)(=O)NCCCCCN(C)C1CCCCC1. The van der Waals surface area contributed by atoms with Crippen LogP contribution in [0.2, 0.25) is 0 Å². The minimum absolute atomic E-state index is 0.272. The first-order valence-corrected chi connectivity index (χ1v) is 10.4. The topological polar surface area (TPSA) is 49.4 Å². The molecule has 0 aromatic rings. The third-order valence-electron chi connectivity index (χ3n) is 4.47. The zero-order chi connectivity index (χ0) is 15.6. The molecule has 0 heterocycles. The molecule has 1 N–H and O–H groups in total. The smallest absolute Gasteiger partial charge is 0.211 e. The predicted molar refractivity (Wildman–Crippen MR) is 90.1 cm³/mol. The van der Waals surface area contributed by atoms with E-state index in [4.69, 9.17) is 0 Å². The molecule has 126 valence electrons. The average molecular weight is 319 g/mol. The molecule has 0 aromatic heterocycles. The van der Waals surface area contributed by atoms with Gasteiger partial charge in [0.25, 0.3) is 0 Å². The summed E-state index contributed by atoms with van der Waals surface area (Å²) in [6.07, 6.45) is 11.8. The first-order valence-electron chi connectivity index (χ1n) is 8.72. The van der Waals surface area contributed by atoms with Crippen molar-refractivity contribution in [3.63, 3.8) is 0 Å².